The van der Waals surface area contributed by atoms with Crippen molar-refractivity contribution in [2.75, 3.05) is 11.1 Å². The van der Waals surface area contributed by atoms with Crippen LogP contribution >= 0.6 is 0 Å². The van der Waals surface area contributed by atoms with Gasteiger partial charge in [0.2, 0.25) is 5.89 Å². The summed E-state index contributed by atoms with van der Waals surface area (Å²) in [7, 11) is 0. The molecule has 144 valence electrons. The minimum atomic E-state index is -0.141. The monoisotopic (exact) mass is 387 g/mol. The Morgan fingerprint density at radius 3 is 2.72 bits per heavy atom. The molecule has 0 aliphatic carbocycles. The normalized spacial score (nSPS) is 10.6. The maximum Gasteiger partial charge on any atom is 0.246 e. The van der Waals surface area contributed by atoms with Crippen LogP contribution in [0.25, 0.3) is 11.6 Å². The van der Waals surface area contributed by atoms with Gasteiger partial charge in [0.05, 0.1) is 36.5 Å². The van der Waals surface area contributed by atoms with E-state index in [1.807, 2.05) is 12.1 Å². The number of aromatic nitrogens is 5. The van der Waals surface area contributed by atoms with E-state index in [0.717, 1.165) is 16.9 Å². The second kappa shape index (κ2) is 8.26. The summed E-state index contributed by atoms with van der Waals surface area (Å²) in [4.78, 5) is 33.3. The van der Waals surface area contributed by atoms with Crippen molar-refractivity contribution in [3.8, 4) is 11.6 Å². The third-order valence-corrected chi connectivity index (χ3v) is 4.13. The highest BCUT2D eigenvalue weighted by Crippen LogP contribution is 2.16. The van der Waals surface area contributed by atoms with Crippen LogP contribution in [0.1, 0.15) is 21.7 Å². The van der Waals surface area contributed by atoms with Gasteiger partial charge in [-0.2, -0.15) is 0 Å². The summed E-state index contributed by atoms with van der Waals surface area (Å²) < 4.78 is 5.17. The third-order valence-electron chi connectivity index (χ3n) is 4.13. The zero-order valence-electron chi connectivity index (χ0n) is 15.3. The number of nitrogen functional groups attached to an aromatic ring is 1. The first-order valence-corrected chi connectivity index (χ1v) is 8.82. The van der Waals surface area contributed by atoms with E-state index in [-0.39, 0.29) is 17.9 Å². The number of anilines is 2. The fourth-order valence-electron chi connectivity index (χ4n) is 2.70. The number of carbonyl (C=O) groups is 1. The van der Waals surface area contributed by atoms with Crippen molar-refractivity contribution >= 4 is 17.3 Å². The first-order chi connectivity index (χ1) is 14.2. The van der Waals surface area contributed by atoms with E-state index in [9.17, 15) is 4.79 Å². The summed E-state index contributed by atoms with van der Waals surface area (Å²) in [5.74, 6) is 0.640. The van der Waals surface area contributed by atoms with E-state index in [1.165, 1.54) is 24.9 Å². The van der Waals surface area contributed by atoms with Crippen LogP contribution in [-0.4, -0.2) is 30.7 Å². The van der Waals surface area contributed by atoms with Gasteiger partial charge in [-0.05, 0) is 29.8 Å². The fraction of sp³-hybridized carbons (Fsp3) is 0.100. The molecule has 0 spiro atoms. The van der Waals surface area contributed by atoms with Crippen LogP contribution in [0.5, 0.6) is 0 Å². The molecule has 9 heteroatoms. The molecule has 0 saturated heterocycles. The number of carbonyl (C=O) groups excluding carboxylic acids is 1. The third kappa shape index (κ3) is 4.41. The van der Waals surface area contributed by atoms with E-state index in [1.54, 1.807) is 24.5 Å². The SMILES string of the molecule is Nc1ncccc1NCc1cc(CC(=O)c2cnc(-c3ncco3)cn2)ccn1. The smallest absolute Gasteiger partial charge is 0.246 e. The zero-order chi connectivity index (χ0) is 20.1. The lowest BCUT2D eigenvalue weighted by atomic mass is 10.1. The van der Waals surface area contributed by atoms with Crippen molar-refractivity contribution < 1.29 is 9.21 Å². The Morgan fingerprint density at radius 1 is 1.03 bits per heavy atom. The van der Waals surface area contributed by atoms with E-state index in [2.05, 4.69) is 30.2 Å². The van der Waals surface area contributed by atoms with Crippen LogP contribution in [0, 0.1) is 0 Å². The predicted octanol–water partition coefficient (Wildman–Crippen LogP) is 2.54. The highest BCUT2D eigenvalue weighted by Gasteiger charge is 2.12. The van der Waals surface area contributed by atoms with Crippen molar-refractivity contribution in [3.05, 3.63) is 78.5 Å². The number of nitrogens with one attached hydrogen (secondary N) is 1. The summed E-state index contributed by atoms with van der Waals surface area (Å²) in [5.41, 5.74) is 8.92. The van der Waals surface area contributed by atoms with Gasteiger partial charge >= 0.3 is 0 Å². The number of pyridine rings is 2. The highest BCUT2D eigenvalue weighted by atomic mass is 16.3. The van der Waals surface area contributed by atoms with Crippen LogP contribution in [0.2, 0.25) is 0 Å². The average molecular weight is 387 g/mol. The van der Waals surface area contributed by atoms with Crippen LogP contribution < -0.4 is 11.1 Å². The number of nitrogens with zero attached hydrogens (tertiary/aromatic N) is 5. The number of hydrogen-bond acceptors (Lipinski definition) is 9. The van der Waals surface area contributed by atoms with Crippen molar-refractivity contribution in [3.63, 3.8) is 0 Å². The molecule has 0 aliphatic rings. The summed E-state index contributed by atoms with van der Waals surface area (Å²) in [5, 5.41) is 3.19. The van der Waals surface area contributed by atoms with Gasteiger partial charge in [-0.15, -0.1) is 0 Å². The number of rotatable bonds is 7. The summed E-state index contributed by atoms with van der Waals surface area (Å²) >= 11 is 0. The van der Waals surface area contributed by atoms with Crippen molar-refractivity contribution in [2.24, 2.45) is 0 Å². The van der Waals surface area contributed by atoms with Gasteiger partial charge in [0.15, 0.2) is 5.78 Å². The molecule has 0 fully saturated rings. The minimum absolute atomic E-state index is 0.141. The van der Waals surface area contributed by atoms with Crippen LogP contribution in [-0.2, 0) is 13.0 Å². The van der Waals surface area contributed by atoms with Crippen molar-refractivity contribution in [1.29, 1.82) is 0 Å². The molecule has 4 aromatic rings. The van der Waals surface area contributed by atoms with Gasteiger partial charge in [-0.1, -0.05) is 0 Å². The molecular formula is C20H17N7O2. The van der Waals surface area contributed by atoms with Crippen molar-refractivity contribution in [1.82, 2.24) is 24.9 Å². The average Bonchev–Trinajstić information content (AvgIpc) is 3.28. The summed E-state index contributed by atoms with van der Waals surface area (Å²) in [6.45, 7) is 0.461. The first-order valence-electron chi connectivity index (χ1n) is 8.82. The number of oxazole rings is 1. The number of ketones is 1. The second-order valence-corrected chi connectivity index (χ2v) is 6.17. The minimum Gasteiger partial charge on any atom is -0.443 e. The molecule has 0 unspecified atom stereocenters. The Balaban J connectivity index is 1.41. The Morgan fingerprint density at radius 2 is 1.97 bits per heavy atom. The van der Waals surface area contributed by atoms with Crippen LogP contribution in [0.4, 0.5) is 11.5 Å². The Labute approximate surface area is 166 Å². The number of hydrogen-bond donors (Lipinski definition) is 2. The molecule has 0 radical (unpaired) electrons. The van der Waals surface area contributed by atoms with E-state index < -0.39 is 0 Å². The number of Topliss-reactive ketones (excluding diaryl/α,β-unsaturated/α-hetero) is 1. The van der Waals surface area contributed by atoms with Gasteiger partial charge in [0.1, 0.15) is 23.5 Å². The Hall–Kier alpha value is -4.14. The molecule has 4 aromatic heterocycles. The van der Waals surface area contributed by atoms with E-state index in [0.29, 0.717) is 23.9 Å². The van der Waals surface area contributed by atoms with E-state index >= 15 is 0 Å². The van der Waals surface area contributed by atoms with Crippen LogP contribution in [0.15, 0.2) is 65.9 Å². The molecule has 0 aromatic carbocycles. The molecule has 9 nitrogen and oxygen atoms in total. The first kappa shape index (κ1) is 18.2. The standard InChI is InChI=1S/C20H17N7O2/c21-19-15(2-1-4-23-19)25-10-14-8-13(3-5-22-14)9-18(28)16-11-27-17(12-26-16)20-24-6-7-29-20/h1-8,11-12,25H,9-10H2,(H2,21,23). The molecule has 0 amide bonds. The zero-order valence-corrected chi connectivity index (χ0v) is 15.3. The highest BCUT2D eigenvalue weighted by molar-refractivity contribution is 5.95. The van der Waals surface area contributed by atoms with Gasteiger partial charge in [-0.25, -0.2) is 19.9 Å². The van der Waals surface area contributed by atoms with Crippen LogP contribution in [0.3, 0.4) is 0 Å². The van der Waals surface area contributed by atoms with Crippen molar-refractivity contribution in [2.45, 2.75) is 13.0 Å². The van der Waals surface area contributed by atoms with Gasteiger partial charge in [0.25, 0.3) is 0 Å². The van der Waals surface area contributed by atoms with Gasteiger partial charge in [-0.3, -0.25) is 9.78 Å². The Bertz CT molecular complexity index is 1110. The van der Waals surface area contributed by atoms with E-state index in [4.69, 9.17) is 10.2 Å². The largest absolute Gasteiger partial charge is 0.443 e. The quantitative estimate of drug-likeness (QED) is 0.459. The fourth-order valence-corrected chi connectivity index (χ4v) is 2.70. The Kier molecular flexibility index (Phi) is 5.19. The molecule has 3 N–H and O–H groups in total. The predicted molar refractivity (Wildman–Crippen MR) is 106 cm³/mol. The maximum atomic E-state index is 12.5. The molecule has 29 heavy (non-hydrogen) atoms. The maximum absolute atomic E-state index is 12.5. The molecule has 4 rings (SSSR count). The molecule has 0 aliphatic heterocycles. The topological polar surface area (TPSA) is 133 Å². The lowest BCUT2D eigenvalue weighted by Crippen LogP contribution is -2.09. The molecular weight excluding hydrogens is 370 g/mol. The number of nitrogens with two attached hydrogens (primary N) is 1. The lowest BCUT2D eigenvalue weighted by molar-refractivity contribution is 0.0988. The second-order valence-electron chi connectivity index (χ2n) is 6.17. The summed E-state index contributed by atoms with van der Waals surface area (Å²) in [6, 6.07) is 7.31. The van der Waals surface area contributed by atoms with Gasteiger partial charge < -0.3 is 15.5 Å². The molecule has 0 bridgehead atoms. The lowest BCUT2D eigenvalue weighted by Gasteiger charge is -2.09. The summed E-state index contributed by atoms with van der Waals surface area (Å²) in [6.07, 6.45) is 9.37. The molecule has 0 saturated carbocycles. The van der Waals surface area contributed by atoms with Gasteiger partial charge in [0, 0.05) is 18.8 Å². The molecule has 0 atom stereocenters. The molecule has 4 heterocycles.